The Morgan fingerprint density at radius 1 is 1.00 bits per heavy atom. The predicted octanol–water partition coefficient (Wildman–Crippen LogP) is 4.38. The molecule has 1 saturated carbocycles. The largest absolute Gasteiger partial charge is 0.349 e. The number of aryl methyl sites for hydroxylation is 1. The van der Waals surface area contributed by atoms with Gasteiger partial charge in [0.25, 0.3) is 11.8 Å². The molecule has 0 atom stereocenters. The Labute approximate surface area is 168 Å². The van der Waals surface area contributed by atoms with Crippen LogP contribution in [0.3, 0.4) is 0 Å². The van der Waals surface area contributed by atoms with Crippen molar-refractivity contribution in [2.24, 2.45) is 0 Å². The van der Waals surface area contributed by atoms with Crippen LogP contribution >= 0.6 is 0 Å². The lowest BCUT2D eigenvalue weighted by Crippen LogP contribution is -2.25. The molecule has 5 nitrogen and oxygen atoms in total. The standard InChI is InChI=1S/C23H22FN3O2/c1-14-13-19(15(2)27(14)21-6-4-3-5-20(21)24)23(29)26-17-9-7-16(8-10-17)22(28)25-18-11-12-18/h3-10,13,18H,11-12H2,1-2H3,(H,25,28)(H,26,29). The van der Waals surface area contributed by atoms with Gasteiger partial charge >= 0.3 is 0 Å². The van der Waals surface area contributed by atoms with Gasteiger partial charge in [0.1, 0.15) is 5.82 Å². The molecule has 1 aliphatic rings. The van der Waals surface area contributed by atoms with Crippen LogP contribution in [0.2, 0.25) is 0 Å². The molecule has 1 fully saturated rings. The third-order valence-electron chi connectivity index (χ3n) is 5.09. The fourth-order valence-corrected chi connectivity index (χ4v) is 3.40. The fraction of sp³-hybridized carbons (Fsp3) is 0.217. The number of aromatic nitrogens is 1. The summed E-state index contributed by atoms with van der Waals surface area (Å²) >= 11 is 0. The minimum Gasteiger partial charge on any atom is -0.349 e. The summed E-state index contributed by atoms with van der Waals surface area (Å²) in [6, 6.07) is 15.3. The van der Waals surface area contributed by atoms with Crippen molar-refractivity contribution in [1.82, 2.24) is 9.88 Å². The number of rotatable bonds is 5. The van der Waals surface area contributed by atoms with Crippen molar-refractivity contribution in [1.29, 1.82) is 0 Å². The molecule has 4 rings (SSSR count). The van der Waals surface area contributed by atoms with E-state index in [-0.39, 0.29) is 17.6 Å². The van der Waals surface area contributed by atoms with Gasteiger partial charge in [0.2, 0.25) is 0 Å². The highest BCUT2D eigenvalue weighted by atomic mass is 19.1. The van der Waals surface area contributed by atoms with Gasteiger partial charge in [-0.3, -0.25) is 9.59 Å². The molecule has 6 heteroatoms. The summed E-state index contributed by atoms with van der Waals surface area (Å²) in [6.07, 6.45) is 2.07. The van der Waals surface area contributed by atoms with Crippen LogP contribution in [0.4, 0.5) is 10.1 Å². The van der Waals surface area contributed by atoms with E-state index in [2.05, 4.69) is 10.6 Å². The second-order valence-electron chi connectivity index (χ2n) is 7.35. The maximum Gasteiger partial charge on any atom is 0.257 e. The van der Waals surface area contributed by atoms with Crippen LogP contribution in [-0.2, 0) is 0 Å². The van der Waals surface area contributed by atoms with E-state index >= 15 is 0 Å². The second-order valence-corrected chi connectivity index (χ2v) is 7.35. The molecule has 1 aromatic heterocycles. The first kappa shape index (κ1) is 18.9. The number of anilines is 1. The number of halogens is 1. The highest BCUT2D eigenvalue weighted by molar-refractivity contribution is 6.05. The maximum atomic E-state index is 14.2. The lowest BCUT2D eigenvalue weighted by Gasteiger charge is -2.11. The third-order valence-corrected chi connectivity index (χ3v) is 5.09. The first-order chi connectivity index (χ1) is 13.9. The van der Waals surface area contributed by atoms with Crippen molar-refractivity contribution in [3.63, 3.8) is 0 Å². The Balaban J connectivity index is 1.52. The topological polar surface area (TPSA) is 63.1 Å². The Morgan fingerprint density at radius 3 is 2.34 bits per heavy atom. The van der Waals surface area contributed by atoms with E-state index in [4.69, 9.17) is 0 Å². The summed E-state index contributed by atoms with van der Waals surface area (Å²) in [5, 5.41) is 5.78. The number of hydrogen-bond donors (Lipinski definition) is 2. The molecule has 0 radical (unpaired) electrons. The van der Waals surface area contributed by atoms with Crippen molar-refractivity contribution < 1.29 is 14.0 Å². The minimum absolute atomic E-state index is 0.0983. The second kappa shape index (κ2) is 7.54. The Hall–Kier alpha value is -3.41. The summed E-state index contributed by atoms with van der Waals surface area (Å²) in [5.74, 6) is -0.726. The number of hydrogen-bond acceptors (Lipinski definition) is 2. The fourth-order valence-electron chi connectivity index (χ4n) is 3.40. The molecule has 0 bridgehead atoms. The molecule has 2 N–H and O–H groups in total. The van der Waals surface area contributed by atoms with Crippen LogP contribution in [0, 0.1) is 19.7 Å². The number of benzene rings is 2. The van der Waals surface area contributed by atoms with Gasteiger partial charge in [-0.1, -0.05) is 12.1 Å². The van der Waals surface area contributed by atoms with E-state index in [1.54, 1.807) is 60.0 Å². The lowest BCUT2D eigenvalue weighted by molar-refractivity contribution is 0.0950. The van der Waals surface area contributed by atoms with Gasteiger partial charge in [-0.15, -0.1) is 0 Å². The number of carbonyl (C=O) groups is 2. The molecule has 0 unspecified atom stereocenters. The molecule has 0 aliphatic heterocycles. The van der Waals surface area contributed by atoms with Crippen LogP contribution in [-0.4, -0.2) is 22.4 Å². The van der Waals surface area contributed by atoms with E-state index in [0.717, 1.165) is 18.5 Å². The first-order valence-corrected chi connectivity index (χ1v) is 9.60. The van der Waals surface area contributed by atoms with Crippen LogP contribution in [0.15, 0.2) is 54.6 Å². The lowest BCUT2D eigenvalue weighted by atomic mass is 10.1. The summed E-state index contributed by atoms with van der Waals surface area (Å²) in [7, 11) is 0. The molecular weight excluding hydrogens is 369 g/mol. The first-order valence-electron chi connectivity index (χ1n) is 9.60. The molecule has 0 spiro atoms. The quantitative estimate of drug-likeness (QED) is 0.678. The molecule has 1 aliphatic carbocycles. The molecule has 3 aromatic rings. The van der Waals surface area contributed by atoms with Gasteiger partial charge in [-0.05, 0) is 69.2 Å². The van der Waals surface area contributed by atoms with Crippen LogP contribution in [0.5, 0.6) is 0 Å². The number of para-hydroxylation sites is 1. The summed E-state index contributed by atoms with van der Waals surface area (Å²) in [6.45, 7) is 3.63. The molecule has 29 heavy (non-hydrogen) atoms. The van der Waals surface area contributed by atoms with E-state index in [0.29, 0.717) is 34.2 Å². The van der Waals surface area contributed by atoms with Crippen molar-refractivity contribution in [2.45, 2.75) is 32.7 Å². The zero-order valence-corrected chi connectivity index (χ0v) is 16.3. The zero-order valence-electron chi connectivity index (χ0n) is 16.3. The Kier molecular flexibility index (Phi) is 4.92. The zero-order chi connectivity index (χ0) is 20.5. The van der Waals surface area contributed by atoms with Crippen LogP contribution < -0.4 is 10.6 Å². The van der Waals surface area contributed by atoms with E-state index in [1.807, 2.05) is 6.92 Å². The summed E-state index contributed by atoms with van der Waals surface area (Å²) in [5.41, 5.74) is 3.46. The van der Waals surface area contributed by atoms with E-state index in [1.165, 1.54) is 6.07 Å². The minimum atomic E-state index is -0.346. The molecule has 148 valence electrons. The van der Waals surface area contributed by atoms with Gasteiger partial charge in [-0.2, -0.15) is 0 Å². The molecule has 0 saturated heterocycles. The Morgan fingerprint density at radius 2 is 1.69 bits per heavy atom. The molecule has 1 heterocycles. The molecular formula is C23H22FN3O2. The number of carbonyl (C=O) groups excluding carboxylic acids is 2. The maximum absolute atomic E-state index is 14.2. The summed E-state index contributed by atoms with van der Waals surface area (Å²) < 4.78 is 16.0. The van der Waals surface area contributed by atoms with Crippen LogP contribution in [0.25, 0.3) is 5.69 Å². The smallest absolute Gasteiger partial charge is 0.257 e. The number of nitrogens with zero attached hydrogens (tertiary/aromatic N) is 1. The average molecular weight is 391 g/mol. The highest BCUT2D eigenvalue weighted by Gasteiger charge is 2.24. The van der Waals surface area contributed by atoms with Gasteiger partial charge in [0.15, 0.2) is 0 Å². The Bertz CT molecular complexity index is 1080. The summed E-state index contributed by atoms with van der Waals surface area (Å²) in [4.78, 5) is 24.9. The van der Waals surface area contributed by atoms with E-state index < -0.39 is 0 Å². The van der Waals surface area contributed by atoms with Gasteiger partial charge in [0, 0.05) is 28.7 Å². The highest BCUT2D eigenvalue weighted by Crippen LogP contribution is 2.24. The average Bonchev–Trinajstić information content (AvgIpc) is 3.46. The molecule has 2 aromatic carbocycles. The SMILES string of the molecule is Cc1cc(C(=O)Nc2ccc(C(=O)NC3CC3)cc2)c(C)n1-c1ccccc1F. The predicted molar refractivity (Wildman–Crippen MR) is 110 cm³/mol. The van der Waals surface area contributed by atoms with Crippen LogP contribution in [0.1, 0.15) is 44.9 Å². The third kappa shape index (κ3) is 3.92. The van der Waals surface area contributed by atoms with Gasteiger partial charge < -0.3 is 15.2 Å². The number of nitrogens with one attached hydrogen (secondary N) is 2. The molecule has 2 amide bonds. The van der Waals surface area contributed by atoms with Crippen molar-refractivity contribution in [3.8, 4) is 5.69 Å². The van der Waals surface area contributed by atoms with E-state index in [9.17, 15) is 14.0 Å². The normalized spacial score (nSPS) is 13.2. The monoisotopic (exact) mass is 391 g/mol. The van der Waals surface area contributed by atoms with Crippen molar-refractivity contribution >= 4 is 17.5 Å². The van der Waals surface area contributed by atoms with Crippen molar-refractivity contribution in [2.75, 3.05) is 5.32 Å². The van der Waals surface area contributed by atoms with Gasteiger partial charge in [-0.25, -0.2) is 4.39 Å². The number of amides is 2. The van der Waals surface area contributed by atoms with Crippen molar-refractivity contribution in [3.05, 3.63) is 82.9 Å². The van der Waals surface area contributed by atoms with Gasteiger partial charge in [0.05, 0.1) is 11.3 Å².